The minimum atomic E-state index is 0.201. The van der Waals surface area contributed by atoms with Crippen LogP contribution in [0.15, 0.2) is 30.6 Å². The maximum atomic E-state index is 5.03. The van der Waals surface area contributed by atoms with Crippen LogP contribution in [0.3, 0.4) is 0 Å². The highest BCUT2D eigenvalue weighted by Crippen LogP contribution is 2.47. The van der Waals surface area contributed by atoms with Gasteiger partial charge in [-0.15, -0.1) is 0 Å². The Bertz CT molecular complexity index is 989. The van der Waals surface area contributed by atoms with E-state index in [4.69, 9.17) is 9.97 Å². The first-order chi connectivity index (χ1) is 13.0. The summed E-state index contributed by atoms with van der Waals surface area (Å²) in [7, 11) is 2.19. The van der Waals surface area contributed by atoms with E-state index < -0.39 is 0 Å². The zero-order valence-corrected chi connectivity index (χ0v) is 16.2. The molecule has 2 aliphatic rings. The van der Waals surface area contributed by atoms with Gasteiger partial charge >= 0.3 is 0 Å². The fourth-order valence-electron chi connectivity index (χ4n) is 4.09. The van der Waals surface area contributed by atoms with Crippen molar-refractivity contribution in [2.24, 2.45) is 0 Å². The topological polar surface area (TPSA) is 60.9 Å². The molecule has 0 radical (unpaired) electrons. The van der Waals surface area contributed by atoms with Crippen LogP contribution in [0.25, 0.3) is 22.4 Å². The molecule has 0 aromatic carbocycles. The lowest BCUT2D eigenvalue weighted by Crippen LogP contribution is -2.51. The van der Waals surface area contributed by atoms with E-state index in [0.717, 1.165) is 47.9 Å². The summed E-state index contributed by atoms with van der Waals surface area (Å²) in [6, 6.07) is 6.76. The second kappa shape index (κ2) is 6.02. The third-order valence-corrected chi connectivity index (χ3v) is 6.16. The summed E-state index contributed by atoms with van der Waals surface area (Å²) in [6.07, 6.45) is 6.17. The summed E-state index contributed by atoms with van der Waals surface area (Å²) in [4.78, 5) is 22.5. The Kier molecular flexibility index (Phi) is 3.72. The van der Waals surface area contributed by atoms with Crippen LogP contribution >= 0.6 is 0 Å². The Morgan fingerprint density at radius 1 is 1.19 bits per heavy atom. The number of hydrogen-bond acceptors (Lipinski definition) is 5. The van der Waals surface area contributed by atoms with Gasteiger partial charge in [0.2, 0.25) is 0 Å². The first-order valence-electron chi connectivity index (χ1n) is 9.81. The van der Waals surface area contributed by atoms with E-state index in [2.05, 4.69) is 52.8 Å². The van der Waals surface area contributed by atoms with E-state index in [1.807, 2.05) is 18.5 Å². The number of nitrogens with one attached hydrogen (secondary N) is 1. The van der Waals surface area contributed by atoms with E-state index >= 15 is 0 Å². The highest BCUT2D eigenvalue weighted by Gasteiger charge is 2.41. The van der Waals surface area contributed by atoms with Crippen LogP contribution in [-0.4, -0.2) is 57.6 Å². The zero-order valence-electron chi connectivity index (χ0n) is 16.2. The summed E-state index contributed by atoms with van der Waals surface area (Å²) < 4.78 is 0. The molecular formula is C21H26N6. The number of hydrogen-bond donors (Lipinski definition) is 1. The second-order valence-electron chi connectivity index (χ2n) is 8.40. The monoisotopic (exact) mass is 362 g/mol. The normalized spacial score (nSPS) is 22.3. The van der Waals surface area contributed by atoms with Crippen molar-refractivity contribution >= 4 is 16.9 Å². The average molecular weight is 362 g/mol. The Balaban J connectivity index is 1.64. The lowest BCUT2D eigenvalue weighted by atomic mass is 10.0. The number of aromatic nitrogens is 4. The van der Waals surface area contributed by atoms with Crippen LogP contribution < -0.4 is 4.90 Å². The number of anilines is 1. The molecule has 27 heavy (non-hydrogen) atoms. The minimum absolute atomic E-state index is 0.201. The third-order valence-electron chi connectivity index (χ3n) is 6.16. The average Bonchev–Trinajstić information content (AvgIpc) is 3.23. The molecule has 140 valence electrons. The SMILES string of the molecule is C[C@@H]1CN(C)CCN1c1cc(C2(C)CC2)nc(-c2ccnc3[nH]ccc23)n1. The van der Waals surface area contributed by atoms with Crippen molar-refractivity contribution in [3.8, 4) is 11.4 Å². The van der Waals surface area contributed by atoms with E-state index in [1.54, 1.807) is 0 Å². The van der Waals surface area contributed by atoms with Crippen LogP contribution in [0.1, 0.15) is 32.4 Å². The molecule has 5 rings (SSSR count). The van der Waals surface area contributed by atoms with Gasteiger partial charge in [0.05, 0.1) is 5.69 Å². The molecule has 4 heterocycles. The van der Waals surface area contributed by atoms with Gasteiger partial charge in [0.15, 0.2) is 5.82 Å². The smallest absolute Gasteiger partial charge is 0.162 e. The predicted molar refractivity (Wildman–Crippen MR) is 108 cm³/mol. The molecule has 2 fully saturated rings. The van der Waals surface area contributed by atoms with Gasteiger partial charge in [-0.3, -0.25) is 0 Å². The Labute approximate surface area is 159 Å². The van der Waals surface area contributed by atoms with Crippen LogP contribution in [0, 0.1) is 0 Å². The molecule has 0 amide bonds. The summed E-state index contributed by atoms with van der Waals surface area (Å²) in [6.45, 7) is 7.72. The van der Waals surface area contributed by atoms with E-state index in [1.165, 1.54) is 18.5 Å². The number of aromatic amines is 1. The molecule has 0 bridgehead atoms. The summed E-state index contributed by atoms with van der Waals surface area (Å²) in [5, 5.41) is 1.08. The first-order valence-corrected chi connectivity index (χ1v) is 9.81. The van der Waals surface area contributed by atoms with Crippen LogP contribution in [-0.2, 0) is 5.41 Å². The maximum Gasteiger partial charge on any atom is 0.162 e. The number of nitrogens with zero attached hydrogens (tertiary/aromatic N) is 5. The lowest BCUT2D eigenvalue weighted by Gasteiger charge is -2.39. The number of rotatable bonds is 3. The van der Waals surface area contributed by atoms with Gasteiger partial charge in [-0.2, -0.15) is 0 Å². The number of pyridine rings is 1. The summed E-state index contributed by atoms with van der Waals surface area (Å²) >= 11 is 0. The molecule has 0 spiro atoms. The quantitative estimate of drug-likeness (QED) is 0.775. The number of piperazine rings is 1. The van der Waals surface area contributed by atoms with E-state index in [9.17, 15) is 0 Å². The summed E-state index contributed by atoms with van der Waals surface area (Å²) in [5.41, 5.74) is 3.31. The van der Waals surface area contributed by atoms with Gasteiger partial charge in [0, 0.05) is 60.5 Å². The largest absolute Gasteiger partial charge is 0.351 e. The molecule has 3 aromatic heterocycles. The molecule has 1 saturated heterocycles. The van der Waals surface area contributed by atoms with Crippen molar-refractivity contribution in [3.63, 3.8) is 0 Å². The van der Waals surface area contributed by atoms with E-state index in [0.29, 0.717) is 6.04 Å². The molecule has 6 heteroatoms. The van der Waals surface area contributed by atoms with Crippen molar-refractivity contribution in [1.82, 2.24) is 24.8 Å². The van der Waals surface area contributed by atoms with Gasteiger partial charge in [-0.25, -0.2) is 15.0 Å². The van der Waals surface area contributed by atoms with Crippen molar-refractivity contribution in [1.29, 1.82) is 0 Å². The zero-order chi connectivity index (χ0) is 18.6. The van der Waals surface area contributed by atoms with Gasteiger partial charge < -0.3 is 14.8 Å². The number of H-pyrrole nitrogens is 1. The van der Waals surface area contributed by atoms with Gasteiger partial charge in [-0.05, 0) is 38.9 Å². The third kappa shape index (κ3) is 2.88. The Morgan fingerprint density at radius 3 is 2.81 bits per heavy atom. The fraction of sp³-hybridized carbons (Fsp3) is 0.476. The molecule has 3 aromatic rings. The van der Waals surface area contributed by atoms with Crippen molar-refractivity contribution in [2.45, 2.75) is 38.1 Å². The first kappa shape index (κ1) is 16.7. The van der Waals surface area contributed by atoms with Crippen molar-refractivity contribution < 1.29 is 0 Å². The van der Waals surface area contributed by atoms with Gasteiger partial charge in [0.25, 0.3) is 0 Å². The van der Waals surface area contributed by atoms with Crippen molar-refractivity contribution in [2.75, 3.05) is 31.6 Å². The van der Waals surface area contributed by atoms with Crippen LogP contribution in [0.2, 0.25) is 0 Å². The highest BCUT2D eigenvalue weighted by molar-refractivity contribution is 5.91. The van der Waals surface area contributed by atoms with Crippen LogP contribution in [0.5, 0.6) is 0 Å². The van der Waals surface area contributed by atoms with Gasteiger partial charge in [0.1, 0.15) is 11.5 Å². The van der Waals surface area contributed by atoms with Crippen molar-refractivity contribution in [3.05, 3.63) is 36.3 Å². The molecular weight excluding hydrogens is 336 g/mol. The molecule has 6 nitrogen and oxygen atoms in total. The number of likely N-dealkylation sites (N-methyl/N-ethyl adjacent to an activating group) is 1. The Morgan fingerprint density at radius 2 is 2.04 bits per heavy atom. The molecule has 1 aliphatic heterocycles. The molecule has 1 N–H and O–H groups in total. The Hall–Kier alpha value is -2.47. The molecule has 0 unspecified atom stereocenters. The standard InChI is InChI=1S/C21H26N6/c1-14-13-26(3)10-11-27(14)18-12-17(21(2)6-7-21)24-20(25-18)16-5-9-23-19-15(16)4-8-22-19/h4-5,8-9,12,14H,6-7,10-11,13H2,1-3H3,(H,22,23)/t14-/m1/s1. The maximum absolute atomic E-state index is 5.03. The molecule has 1 atom stereocenters. The lowest BCUT2D eigenvalue weighted by molar-refractivity contribution is 0.274. The molecule has 1 saturated carbocycles. The highest BCUT2D eigenvalue weighted by atomic mass is 15.3. The minimum Gasteiger partial charge on any atom is -0.351 e. The second-order valence-corrected chi connectivity index (χ2v) is 8.40. The van der Waals surface area contributed by atoms with Crippen LogP contribution in [0.4, 0.5) is 5.82 Å². The fourth-order valence-corrected chi connectivity index (χ4v) is 4.09. The molecule has 1 aliphatic carbocycles. The van der Waals surface area contributed by atoms with E-state index in [-0.39, 0.29) is 5.41 Å². The predicted octanol–water partition coefficient (Wildman–Crippen LogP) is 3.21. The van der Waals surface area contributed by atoms with Gasteiger partial charge in [-0.1, -0.05) is 6.92 Å². The number of fused-ring (bicyclic) bond motifs is 1. The summed E-state index contributed by atoms with van der Waals surface area (Å²) in [5.74, 6) is 1.87.